The topological polar surface area (TPSA) is 93.0 Å². The molecule has 0 radical (unpaired) electrons. The van der Waals surface area contributed by atoms with Gasteiger partial charge < -0.3 is 4.74 Å². The van der Waals surface area contributed by atoms with Gasteiger partial charge in [0.05, 0.1) is 47.8 Å². The zero-order valence-corrected chi connectivity index (χ0v) is 17.7. The van der Waals surface area contributed by atoms with Crippen LogP contribution in [0.1, 0.15) is 24.4 Å². The molecule has 2 aliphatic heterocycles. The van der Waals surface area contributed by atoms with Crippen LogP contribution in [0.5, 0.6) is 0 Å². The lowest BCUT2D eigenvalue weighted by Crippen LogP contribution is -2.33. The van der Waals surface area contributed by atoms with E-state index < -0.39 is 0 Å². The Bertz CT molecular complexity index is 1320. The molecule has 0 saturated carbocycles. The van der Waals surface area contributed by atoms with Gasteiger partial charge in [0.15, 0.2) is 0 Å². The van der Waals surface area contributed by atoms with Crippen LogP contribution in [0.15, 0.2) is 59.7 Å². The van der Waals surface area contributed by atoms with Gasteiger partial charge in [0.25, 0.3) is 5.56 Å². The van der Waals surface area contributed by atoms with Crippen molar-refractivity contribution in [2.45, 2.75) is 25.8 Å². The standard InChI is InChI=1S/C23H23N7O2/c1-15-4-2-6-19-20(15)21-22(23(31)29(26-21)18-5-3-13-32-14-18)27-28(19)16-7-9-17(10-8-16)30-24-11-12-25-30/h2,4,6-12,18,26-27H,3,5,13-14H2,1H3. The largest absolute Gasteiger partial charge is 0.379 e. The molecule has 1 unspecified atom stereocenters. The number of aromatic nitrogens is 5. The summed E-state index contributed by atoms with van der Waals surface area (Å²) in [5.41, 5.74) is 9.55. The highest BCUT2D eigenvalue weighted by molar-refractivity contribution is 5.93. The highest BCUT2D eigenvalue weighted by atomic mass is 16.5. The Morgan fingerprint density at radius 1 is 1.06 bits per heavy atom. The van der Waals surface area contributed by atoms with Gasteiger partial charge in [-0.15, -0.1) is 0 Å². The summed E-state index contributed by atoms with van der Waals surface area (Å²) in [4.78, 5) is 15.0. The third kappa shape index (κ3) is 2.93. The Labute approximate surface area is 184 Å². The average molecular weight is 429 g/mol. The molecule has 0 aliphatic carbocycles. The molecule has 2 N–H and O–H groups in total. The average Bonchev–Trinajstić information content (AvgIpc) is 3.48. The number of nitrogens with one attached hydrogen (secondary N) is 2. The van der Waals surface area contributed by atoms with Crippen LogP contribution in [0, 0.1) is 6.92 Å². The SMILES string of the molecule is Cc1cccc2c1-c1[nH]n(C3CCCOC3)c(=O)c1NN2c1ccc(-n2nccn2)cc1. The highest BCUT2D eigenvalue weighted by Crippen LogP contribution is 2.43. The minimum Gasteiger partial charge on any atom is -0.379 e. The fraction of sp³-hybridized carbons (Fsp3) is 0.261. The maximum absolute atomic E-state index is 13.4. The van der Waals surface area contributed by atoms with Crippen LogP contribution < -0.4 is 16.0 Å². The Hall–Kier alpha value is -3.85. The molecule has 6 rings (SSSR count). The minimum absolute atomic E-state index is 0.0189. The van der Waals surface area contributed by atoms with E-state index in [1.807, 2.05) is 35.3 Å². The number of ether oxygens (including phenoxy) is 1. The van der Waals surface area contributed by atoms with Crippen molar-refractivity contribution < 1.29 is 4.74 Å². The van der Waals surface area contributed by atoms with Gasteiger partial charge in [-0.2, -0.15) is 15.0 Å². The Kier molecular flexibility index (Phi) is 4.36. The van der Waals surface area contributed by atoms with Crippen LogP contribution in [-0.2, 0) is 4.74 Å². The van der Waals surface area contributed by atoms with Crippen LogP contribution in [0.2, 0.25) is 0 Å². The molecular weight excluding hydrogens is 406 g/mol. The van der Waals surface area contributed by atoms with Gasteiger partial charge in [0.2, 0.25) is 0 Å². The molecular formula is C23H23N7O2. The van der Waals surface area contributed by atoms with Gasteiger partial charge in [-0.25, -0.2) is 4.68 Å². The van der Waals surface area contributed by atoms with Crippen LogP contribution in [-0.4, -0.2) is 38.0 Å². The summed E-state index contributed by atoms with van der Waals surface area (Å²) in [6.07, 6.45) is 5.17. The number of hydrogen-bond acceptors (Lipinski definition) is 6. The van der Waals surface area contributed by atoms with E-state index in [1.54, 1.807) is 21.9 Å². The summed E-state index contributed by atoms with van der Waals surface area (Å²) in [6, 6.07) is 14.1. The van der Waals surface area contributed by atoms with E-state index in [4.69, 9.17) is 4.74 Å². The van der Waals surface area contributed by atoms with Crippen molar-refractivity contribution in [3.8, 4) is 16.9 Å². The summed E-state index contributed by atoms with van der Waals surface area (Å²) < 4.78 is 7.35. The lowest BCUT2D eigenvalue weighted by atomic mass is 10.0. The maximum atomic E-state index is 13.4. The monoisotopic (exact) mass is 429 g/mol. The fourth-order valence-electron chi connectivity index (χ4n) is 4.55. The fourth-order valence-corrected chi connectivity index (χ4v) is 4.55. The minimum atomic E-state index is -0.0632. The highest BCUT2D eigenvalue weighted by Gasteiger charge is 2.31. The third-order valence-electron chi connectivity index (χ3n) is 6.14. The zero-order chi connectivity index (χ0) is 21.7. The van der Waals surface area contributed by atoms with E-state index in [9.17, 15) is 4.79 Å². The van der Waals surface area contributed by atoms with Crippen LogP contribution in [0.4, 0.5) is 17.1 Å². The molecule has 4 heterocycles. The third-order valence-corrected chi connectivity index (χ3v) is 6.14. The first-order valence-electron chi connectivity index (χ1n) is 10.8. The normalized spacial score (nSPS) is 17.5. The van der Waals surface area contributed by atoms with Crippen molar-refractivity contribution >= 4 is 17.1 Å². The summed E-state index contributed by atoms with van der Waals surface area (Å²) in [5.74, 6) is 0. The number of anilines is 3. The van der Waals surface area contributed by atoms with E-state index >= 15 is 0 Å². The van der Waals surface area contributed by atoms with Crippen LogP contribution in [0.3, 0.4) is 0 Å². The molecule has 9 nitrogen and oxygen atoms in total. The number of fused-ring (bicyclic) bond motifs is 3. The molecule has 0 bridgehead atoms. The first-order valence-corrected chi connectivity index (χ1v) is 10.8. The number of hydrazine groups is 1. The number of benzene rings is 2. The van der Waals surface area contributed by atoms with E-state index in [0.717, 1.165) is 53.3 Å². The smallest absolute Gasteiger partial charge is 0.292 e. The van der Waals surface area contributed by atoms with Crippen molar-refractivity contribution in [3.63, 3.8) is 0 Å². The lowest BCUT2D eigenvalue weighted by molar-refractivity contribution is 0.0539. The number of hydrogen-bond donors (Lipinski definition) is 2. The van der Waals surface area contributed by atoms with E-state index in [2.05, 4.69) is 39.8 Å². The molecule has 9 heteroatoms. The molecule has 4 aromatic rings. The summed E-state index contributed by atoms with van der Waals surface area (Å²) in [7, 11) is 0. The predicted molar refractivity (Wildman–Crippen MR) is 121 cm³/mol. The number of aromatic amines is 1. The van der Waals surface area contributed by atoms with Crippen molar-refractivity contribution in [3.05, 3.63) is 70.8 Å². The maximum Gasteiger partial charge on any atom is 0.292 e. The number of nitrogens with zero attached hydrogens (tertiary/aromatic N) is 5. The summed E-state index contributed by atoms with van der Waals surface area (Å²) in [5, 5.41) is 13.7. The van der Waals surface area contributed by atoms with Gasteiger partial charge >= 0.3 is 0 Å². The van der Waals surface area contributed by atoms with Crippen molar-refractivity contribution in [1.82, 2.24) is 24.8 Å². The quantitative estimate of drug-likeness (QED) is 0.517. The van der Waals surface area contributed by atoms with Crippen LogP contribution >= 0.6 is 0 Å². The summed E-state index contributed by atoms with van der Waals surface area (Å²) in [6.45, 7) is 3.37. The molecule has 1 saturated heterocycles. The Morgan fingerprint density at radius 3 is 2.59 bits per heavy atom. The van der Waals surface area contributed by atoms with Gasteiger partial charge in [0, 0.05) is 12.2 Å². The molecule has 2 aromatic heterocycles. The predicted octanol–water partition coefficient (Wildman–Crippen LogP) is 3.56. The van der Waals surface area contributed by atoms with E-state index in [0.29, 0.717) is 12.3 Å². The first kappa shape index (κ1) is 18.9. The number of aryl methyl sites for hydroxylation is 1. The van der Waals surface area contributed by atoms with Crippen LogP contribution in [0.25, 0.3) is 16.9 Å². The Balaban J connectivity index is 1.45. The van der Waals surface area contributed by atoms with E-state index in [1.165, 1.54) is 0 Å². The molecule has 2 aliphatic rings. The zero-order valence-electron chi connectivity index (χ0n) is 17.7. The van der Waals surface area contributed by atoms with Gasteiger partial charge in [-0.05, 0) is 55.7 Å². The van der Waals surface area contributed by atoms with Crippen molar-refractivity contribution in [2.24, 2.45) is 0 Å². The molecule has 1 fully saturated rings. The molecule has 32 heavy (non-hydrogen) atoms. The second-order valence-corrected chi connectivity index (χ2v) is 8.16. The van der Waals surface area contributed by atoms with Gasteiger partial charge in [-0.1, -0.05) is 12.1 Å². The molecule has 2 aromatic carbocycles. The second-order valence-electron chi connectivity index (χ2n) is 8.16. The lowest BCUT2D eigenvalue weighted by Gasteiger charge is -2.32. The number of H-pyrrole nitrogens is 1. The molecule has 1 atom stereocenters. The molecule has 162 valence electrons. The van der Waals surface area contributed by atoms with Gasteiger partial charge in [0.1, 0.15) is 5.69 Å². The molecule has 0 amide bonds. The van der Waals surface area contributed by atoms with Crippen molar-refractivity contribution in [1.29, 1.82) is 0 Å². The van der Waals surface area contributed by atoms with Crippen molar-refractivity contribution in [2.75, 3.05) is 23.6 Å². The van der Waals surface area contributed by atoms with E-state index in [-0.39, 0.29) is 11.6 Å². The first-order chi connectivity index (χ1) is 15.7. The summed E-state index contributed by atoms with van der Waals surface area (Å²) >= 11 is 0. The Morgan fingerprint density at radius 2 is 1.84 bits per heavy atom. The molecule has 0 spiro atoms. The second kappa shape index (κ2) is 7.38. The van der Waals surface area contributed by atoms with Gasteiger partial charge in [-0.3, -0.25) is 20.3 Å². The number of rotatable bonds is 3.